The van der Waals surface area contributed by atoms with E-state index in [0.717, 1.165) is 39.7 Å². The van der Waals surface area contributed by atoms with E-state index < -0.39 is 0 Å². The molecule has 0 aliphatic heterocycles. The number of fused-ring (bicyclic) bond motifs is 1. The maximum atomic E-state index is 12.8. The van der Waals surface area contributed by atoms with Gasteiger partial charge in [0.25, 0.3) is 5.91 Å². The molecule has 1 aromatic carbocycles. The minimum Gasteiger partial charge on any atom is -0.358 e. The Bertz CT molecular complexity index is 802. The summed E-state index contributed by atoms with van der Waals surface area (Å²) >= 11 is 0. The molecular formula is C17H20N4O. The van der Waals surface area contributed by atoms with Crippen LogP contribution in [0.1, 0.15) is 27.2 Å². The van der Waals surface area contributed by atoms with E-state index in [1.165, 1.54) is 0 Å². The van der Waals surface area contributed by atoms with Gasteiger partial charge >= 0.3 is 0 Å². The van der Waals surface area contributed by atoms with Crippen molar-refractivity contribution >= 4 is 16.8 Å². The normalized spacial score (nSPS) is 11.0. The molecule has 5 heteroatoms. The quantitative estimate of drug-likeness (QED) is 0.777. The van der Waals surface area contributed by atoms with Gasteiger partial charge in [-0.25, -0.2) is 0 Å². The first-order valence-corrected chi connectivity index (χ1v) is 7.39. The van der Waals surface area contributed by atoms with E-state index in [0.29, 0.717) is 6.54 Å². The summed E-state index contributed by atoms with van der Waals surface area (Å²) in [6.45, 7) is 4.75. The number of aromatic amines is 2. The van der Waals surface area contributed by atoms with Gasteiger partial charge in [-0.15, -0.1) is 0 Å². The Morgan fingerprint density at radius 3 is 2.86 bits per heavy atom. The highest BCUT2D eigenvalue weighted by Crippen LogP contribution is 2.25. The SMILES string of the molecule is Cc1[nH]c2cccc(C(=O)N(C)CCc3cn[nH]c3)c2c1C. The molecule has 0 saturated carbocycles. The van der Waals surface area contributed by atoms with Crippen molar-refractivity contribution in [2.24, 2.45) is 0 Å². The molecule has 22 heavy (non-hydrogen) atoms. The minimum absolute atomic E-state index is 0.0520. The third-order valence-corrected chi connectivity index (χ3v) is 4.19. The van der Waals surface area contributed by atoms with Crippen molar-refractivity contribution < 1.29 is 4.79 Å². The molecule has 0 aliphatic rings. The van der Waals surface area contributed by atoms with Gasteiger partial charge in [0.2, 0.25) is 0 Å². The van der Waals surface area contributed by atoms with Crippen LogP contribution in [0.5, 0.6) is 0 Å². The lowest BCUT2D eigenvalue weighted by atomic mass is 10.0. The molecule has 0 bridgehead atoms. The maximum absolute atomic E-state index is 12.8. The van der Waals surface area contributed by atoms with Crippen LogP contribution in [0.2, 0.25) is 0 Å². The van der Waals surface area contributed by atoms with Crippen molar-refractivity contribution in [3.63, 3.8) is 0 Å². The maximum Gasteiger partial charge on any atom is 0.254 e. The molecule has 0 spiro atoms. The molecule has 2 aromatic heterocycles. The lowest BCUT2D eigenvalue weighted by Crippen LogP contribution is -2.29. The number of aryl methyl sites for hydroxylation is 2. The zero-order valence-corrected chi connectivity index (χ0v) is 13.1. The molecule has 0 fully saturated rings. The highest BCUT2D eigenvalue weighted by atomic mass is 16.2. The van der Waals surface area contributed by atoms with E-state index in [9.17, 15) is 4.79 Å². The highest BCUT2D eigenvalue weighted by Gasteiger charge is 2.17. The molecule has 3 aromatic rings. The van der Waals surface area contributed by atoms with Crippen LogP contribution in [-0.2, 0) is 6.42 Å². The number of H-pyrrole nitrogens is 2. The zero-order chi connectivity index (χ0) is 15.7. The Kier molecular flexibility index (Phi) is 3.71. The molecule has 0 unspecified atom stereocenters. The summed E-state index contributed by atoms with van der Waals surface area (Å²) in [7, 11) is 1.84. The molecule has 2 N–H and O–H groups in total. The number of amides is 1. The van der Waals surface area contributed by atoms with Gasteiger partial charge in [0.1, 0.15) is 0 Å². The summed E-state index contributed by atoms with van der Waals surface area (Å²) < 4.78 is 0. The number of nitrogens with one attached hydrogen (secondary N) is 2. The second kappa shape index (κ2) is 5.67. The molecule has 0 atom stereocenters. The summed E-state index contributed by atoms with van der Waals surface area (Å²) in [6.07, 6.45) is 4.44. The second-order valence-corrected chi connectivity index (χ2v) is 5.69. The van der Waals surface area contributed by atoms with Gasteiger partial charge < -0.3 is 9.88 Å². The third-order valence-electron chi connectivity index (χ3n) is 4.19. The first-order valence-electron chi connectivity index (χ1n) is 7.39. The summed E-state index contributed by atoms with van der Waals surface area (Å²) in [4.78, 5) is 17.9. The number of carbonyl (C=O) groups excluding carboxylic acids is 1. The topological polar surface area (TPSA) is 64.8 Å². The van der Waals surface area contributed by atoms with Gasteiger partial charge in [0.05, 0.1) is 6.20 Å². The van der Waals surface area contributed by atoms with Gasteiger partial charge in [0, 0.05) is 41.9 Å². The van der Waals surface area contributed by atoms with Crippen LogP contribution < -0.4 is 0 Å². The van der Waals surface area contributed by atoms with Gasteiger partial charge in [-0.05, 0) is 43.5 Å². The standard InChI is InChI=1S/C17H20N4O/c1-11-12(2)20-15-6-4-5-14(16(11)15)17(22)21(3)8-7-13-9-18-19-10-13/h4-6,9-10,20H,7-8H2,1-3H3,(H,18,19). The summed E-state index contributed by atoms with van der Waals surface area (Å²) in [6, 6.07) is 5.84. The van der Waals surface area contributed by atoms with Crippen LogP contribution in [0, 0.1) is 13.8 Å². The Balaban J connectivity index is 1.85. The average Bonchev–Trinajstić information content (AvgIpc) is 3.13. The predicted molar refractivity (Wildman–Crippen MR) is 87.0 cm³/mol. The summed E-state index contributed by atoms with van der Waals surface area (Å²) in [5.74, 6) is 0.0520. The molecule has 114 valence electrons. The number of rotatable bonds is 4. The number of hydrogen-bond donors (Lipinski definition) is 2. The number of hydrogen-bond acceptors (Lipinski definition) is 2. The Morgan fingerprint density at radius 2 is 2.14 bits per heavy atom. The van der Waals surface area contributed by atoms with Crippen LogP contribution in [0.4, 0.5) is 0 Å². The molecule has 2 heterocycles. The lowest BCUT2D eigenvalue weighted by molar-refractivity contribution is 0.0798. The van der Waals surface area contributed by atoms with E-state index in [-0.39, 0.29) is 5.91 Å². The average molecular weight is 296 g/mol. The number of likely N-dealkylation sites (N-methyl/N-ethyl adjacent to an activating group) is 1. The Labute approximate surface area is 129 Å². The number of benzene rings is 1. The van der Waals surface area contributed by atoms with Gasteiger partial charge in [-0.2, -0.15) is 5.10 Å². The molecule has 5 nitrogen and oxygen atoms in total. The molecular weight excluding hydrogens is 276 g/mol. The van der Waals surface area contributed by atoms with Crippen LogP contribution >= 0.6 is 0 Å². The third kappa shape index (κ3) is 2.50. The van der Waals surface area contributed by atoms with E-state index in [2.05, 4.69) is 22.1 Å². The van der Waals surface area contributed by atoms with Crippen molar-refractivity contribution in [3.8, 4) is 0 Å². The van der Waals surface area contributed by atoms with E-state index >= 15 is 0 Å². The van der Waals surface area contributed by atoms with Crippen LogP contribution in [0.25, 0.3) is 10.9 Å². The summed E-state index contributed by atoms with van der Waals surface area (Å²) in [5, 5.41) is 7.74. The van der Waals surface area contributed by atoms with Gasteiger partial charge in [-0.3, -0.25) is 9.89 Å². The Morgan fingerprint density at radius 1 is 1.32 bits per heavy atom. The molecule has 0 aliphatic carbocycles. The van der Waals surface area contributed by atoms with E-state index in [1.807, 2.05) is 38.4 Å². The van der Waals surface area contributed by atoms with E-state index in [1.54, 1.807) is 11.1 Å². The highest BCUT2D eigenvalue weighted by molar-refractivity contribution is 6.07. The molecule has 0 radical (unpaired) electrons. The molecule has 0 saturated heterocycles. The molecule has 3 rings (SSSR count). The predicted octanol–water partition coefficient (Wildman–Crippen LogP) is 2.82. The second-order valence-electron chi connectivity index (χ2n) is 5.69. The van der Waals surface area contributed by atoms with Crippen molar-refractivity contribution in [2.45, 2.75) is 20.3 Å². The van der Waals surface area contributed by atoms with Crippen LogP contribution in [0.3, 0.4) is 0 Å². The lowest BCUT2D eigenvalue weighted by Gasteiger charge is -2.17. The largest absolute Gasteiger partial charge is 0.358 e. The smallest absolute Gasteiger partial charge is 0.254 e. The first-order chi connectivity index (χ1) is 10.6. The first kappa shape index (κ1) is 14.4. The monoisotopic (exact) mass is 296 g/mol. The summed E-state index contributed by atoms with van der Waals surface area (Å²) in [5.41, 5.74) is 5.13. The van der Waals surface area contributed by atoms with Gasteiger partial charge in [-0.1, -0.05) is 6.07 Å². The number of carbonyl (C=O) groups is 1. The fourth-order valence-electron chi connectivity index (χ4n) is 2.74. The number of nitrogens with zero attached hydrogens (tertiary/aromatic N) is 2. The van der Waals surface area contributed by atoms with Crippen LogP contribution in [-0.4, -0.2) is 39.6 Å². The van der Waals surface area contributed by atoms with Crippen molar-refractivity contribution in [2.75, 3.05) is 13.6 Å². The van der Waals surface area contributed by atoms with Crippen molar-refractivity contribution in [1.82, 2.24) is 20.1 Å². The van der Waals surface area contributed by atoms with Crippen molar-refractivity contribution in [3.05, 3.63) is 53.0 Å². The van der Waals surface area contributed by atoms with Gasteiger partial charge in [0.15, 0.2) is 0 Å². The fourth-order valence-corrected chi connectivity index (χ4v) is 2.74. The van der Waals surface area contributed by atoms with E-state index in [4.69, 9.17) is 0 Å². The zero-order valence-electron chi connectivity index (χ0n) is 13.1. The van der Waals surface area contributed by atoms with Crippen molar-refractivity contribution in [1.29, 1.82) is 0 Å². The fraction of sp³-hybridized carbons (Fsp3) is 0.294. The molecule has 1 amide bonds. The Hall–Kier alpha value is -2.56. The minimum atomic E-state index is 0.0520. The van der Waals surface area contributed by atoms with Crippen LogP contribution in [0.15, 0.2) is 30.6 Å². The number of aromatic nitrogens is 3.